The Kier molecular flexibility index (Phi) is 10.6. The van der Waals surface area contributed by atoms with Gasteiger partial charge in [0.25, 0.3) is 0 Å². The highest BCUT2D eigenvalue weighted by atomic mass is 35.5. The third-order valence-electron chi connectivity index (χ3n) is 7.06. The van der Waals surface area contributed by atoms with Crippen LogP contribution in [0.3, 0.4) is 0 Å². The molecule has 0 aromatic heterocycles. The van der Waals surface area contributed by atoms with Gasteiger partial charge in [0.05, 0.1) is 11.9 Å². The summed E-state index contributed by atoms with van der Waals surface area (Å²) in [6, 6.07) is 28.5. The van der Waals surface area contributed by atoms with Crippen molar-refractivity contribution in [3.8, 4) is 0 Å². The van der Waals surface area contributed by atoms with Crippen LogP contribution in [0, 0.1) is 0 Å². The fourth-order valence-corrected chi connectivity index (χ4v) is 5.99. The number of fused-ring (bicyclic) bond motifs is 1. The van der Waals surface area contributed by atoms with Gasteiger partial charge in [0, 0.05) is 29.9 Å². The van der Waals surface area contributed by atoms with E-state index in [9.17, 15) is 18.0 Å². The van der Waals surface area contributed by atoms with E-state index in [1.807, 2.05) is 73.7 Å². The molecule has 1 atom stereocenters. The van der Waals surface area contributed by atoms with Gasteiger partial charge in [0.15, 0.2) is 0 Å². The van der Waals surface area contributed by atoms with Crippen LogP contribution >= 0.6 is 11.6 Å². The number of amides is 2. The van der Waals surface area contributed by atoms with Crippen LogP contribution in [-0.2, 0) is 32.6 Å². The van der Waals surface area contributed by atoms with Crippen molar-refractivity contribution in [3.05, 3.63) is 113 Å². The van der Waals surface area contributed by atoms with Gasteiger partial charge >= 0.3 is 0 Å². The molecule has 4 aromatic carbocycles. The second-order valence-electron chi connectivity index (χ2n) is 10.3. The average Bonchev–Trinajstić information content (AvgIpc) is 2.97. The summed E-state index contributed by atoms with van der Waals surface area (Å²) in [4.78, 5) is 29.4. The fourth-order valence-electron chi connectivity index (χ4n) is 4.91. The number of hydrogen-bond donors (Lipinski definition) is 1. The monoisotopic (exact) mass is 605 g/mol. The lowest BCUT2D eigenvalue weighted by Gasteiger charge is -2.33. The summed E-state index contributed by atoms with van der Waals surface area (Å²) in [6.07, 6.45) is 3.05. The highest BCUT2D eigenvalue weighted by Crippen LogP contribution is 2.29. The molecule has 4 rings (SSSR count). The summed E-state index contributed by atoms with van der Waals surface area (Å²) in [5.41, 5.74) is 2.01. The highest BCUT2D eigenvalue weighted by Gasteiger charge is 2.33. The molecule has 42 heavy (non-hydrogen) atoms. The maximum Gasteiger partial charge on any atom is 0.244 e. The number of nitrogens with one attached hydrogen (secondary N) is 1. The number of sulfonamides is 1. The number of nitrogens with zero attached hydrogens (tertiary/aromatic N) is 2. The molecule has 4 aromatic rings. The van der Waals surface area contributed by atoms with Crippen LogP contribution in [0.5, 0.6) is 0 Å². The SMILES string of the molecule is CCCCNC(=O)[C@H](Cc1ccccc1)N(Cc1cccc(Cl)c1)C(=O)CN(c1cccc2ccccc12)S(C)(=O)=O. The molecule has 0 aliphatic carbocycles. The van der Waals surface area contributed by atoms with E-state index >= 15 is 0 Å². The number of halogens is 1. The van der Waals surface area contributed by atoms with Crippen LogP contribution in [0.15, 0.2) is 97.1 Å². The molecule has 7 nitrogen and oxygen atoms in total. The smallest absolute Gasteiger partial charge is 0.244 e. The minimum atomic E-state index is -3.88. The van der Waals surface area contributed by atoms with Gasteiger partial charge in [-0.2, -0.15) is 0 Å². The molecule has 0 aliphatic rings. The summed E-state index contributed by atoms with van der Waals surface area (Å²) in [7, 11) is -3.88. The zero-order chi connectivity index (χ0) is 30.1. The van der Waals surface area contributed by atoms with Crippen LogP contribution < -0.4 is 9.62 Å². The first-order valence-corrected chi connectivity index (χ1v) is 16.2. The number of rotatable bonds is 13. The van der Waals surface area contributed by atoms with Crippen LogP contribution in [-0.4, -0.2) is 50.5 Å². The van der Waals surface area contributed by atoms with Crippen molar-refractivity contribution in [2.45, 2.75) is 38.8 Å². The van der Waals surface area contributed by atoms with Crippen molar-refractivity contribution in [3.63, 3.8) is 0 Å². The van der Waals surface area contributed by atoms with E-state index in [-0.39, 0.29) is 18.9 Å². The van der Waals surface area contributed by atoms with Gasteiger partial charge in [-0.1, -0.05) is 104 Å². The van der Waals surface area contributed by atoms with Gasteiger partial charge in [-0.25, -0.2) is 8.42 Å². The van der Waals surface area contributed by atoms with E-state index in [4.69, 9.17) is 11.6 Å². The Morgan fingerprint density at radius 2 is 1.55 bits per heavy atom. The molecule has 0 saturated heterocycles. The predicted molar refractivity (Wildman–Crippen MR) is 170 cm³/mol. The number of unbranched alkanes of at least 4 members (excludes halogenated alkanes) is 1. The van der Waals surface area contributed by atoms with Gasteiger partial charge in [0.2, 0.25) is 21.8 Å². The Bertz CT molecular complexity index is 1620. The Morgan fingerprint density at radius 1 is 0.881 bits per heavy atom. The molecule has 0 aliphatic heterocycles. The zero-order valence-electron chi connectivity index (χ0n) is 23.9. The predicted octanol–water partition coefficient (Wildman–Crippen LogP) is 5.82. The number of benzene rings is 4. The Balaban J connectivity index is 1.76. The number of anilines is 1. The maximum absolute atomic E-state index is 14.3. The third-order valence-corrected chi connectivity index (χ3v) is 8.42. The van der Waals surface area contributed by atoms with E-state index < -0.39 is 28.5 Å². The van der Waals surface area contributed by atoms with E-state index in [2.05, 4.69) is 5.32 Å². The molecule has 2 amide bonds. The topological polar surface area (TPSA) is 86.8 Å². The number of hydrogen-bond acceptors (Lipinski definition) is 4. The Hall–Kier alpha value is -3.88. The lowest BCUT2D eigenvalue weighted by Crippen LogP contribution is -2.53. The lowest BCUT2D eigenvalue weighted by atomic mass is 10.0. The Labute approximate surface area is 253 Å². The first-order valence-electron chi connectivity index (χ1n) is 14.0. The first kappa shape index (κ1) is 31.1. The van der Waals surface area contributed by atoms with Crippen LogP contribution in [0.1, 0.15) is 30.9 Å². The van der Waals surface area contributed by atoms with Gasteiger partial charge in [0.1, 0.15) is 12.6 Å². The molecule has 1 N–H and O–H groups in total. The summed E-state index contributed by atoms with van der Waals surface area (Å²) < 4.78 is 27.5. The molecule has 220 valence electrons. The highest BCUT2D eigenvalue weighted by molar-refractivity contribution is 7.92. The molecule has 0 heterocycles. The second-order valence-corrected chi connectivity index (χ2v) is 12.6. The zero-order valence-corrected chi connectivity index (χ0v) is 25.4. The normalized spacial score (nSPS) is 12.1. The summed E-state index contributed by atoms with van der Waals surface area (Å²) in [6.45, 7) is 2.12. The molecule has 0 radical (unpaired) electrons. The van der Waals surface area contributed by atoms with E-state index in [1.54, 1.807) is 30.3 Å². The summed E-state index contributed by atoms with van der Waals surface area (Å²) >= 11 is 6.27. The van der Waals surface area contributed by atoms with Crippen LogP contribution in [0.4, 0.5) is 5.69 Å². The van der Waals surface area contributed by atoms with Gasteiger partial charge in [-0.15, -0.1) is 0 Å². The Morgan fingerprint density at radius 3 is 2.26 bits per heavy atom. The first-order chi connectivity index (χ1) is 20.2. The molecule has 0 unspecified atom stereocenters. The van der Waals surface area contributed by atoms with Gasteiger partial charge in [-0.3, -0.25) is 13.9 Å². The van der Waals surface area contributed by atoms with Crippen molar-refractivity contribution in [1.82, 2.24) is 10.2 Å². The van der Waals surface area contributed by atoms with Crippen molar-refractivity contribution >= 4 is 49.9 Å². The molecular weight excluding hydrogens is 570 g/mol. The minimum absolute atomic E-state index is 0.0746. The van der Waals surface area contributed by atoms with Gasteiger partial charge < -0.3 is 10.2 Å². The molecular formula is C33H36ClN3O4S. The summed E-state index contributed by atoms with van der Waals surface area (Å²) in [5.74, 6) is -0.793. The van der Waals surface area contributed by atoms with Crippen molar-refractivity contribution in [2.24, 2.45) is 0 Å². The molecule has 0 saturated carbocycles. The summed E-state index contributed by atoms with van der Waals surface area (Å²) in [5, 5.41) is 5.04. The maximum atomic E-state index is 14.3. The van der Waals surface area contributed by atoms with Crippen LogP contribution in [0.2, 0.25) is 5.02 Å². The van der Waals surface area contributed by atoms with E-state index in [0.29, 0.717) is 22.6 Å². The number of carbonyl (C=O) groups is 2. The number of carbonyl (C=O) groups excluding carboxylic acids is 2. The van der Waals surface area contributed by atoms with Crippen molar-refractivity contribution in [2.75, 3.05) is 23.7 Å². The quantitative estimate of drug-likeness (QED) is 0.195. The minimum Gasteiger partial charge on any atom is -0.354 e. The van der Waals surface area contributed by atoms with E-state index in [1.165, 1.54) is 4.90 Å². The van der Waals surface area contributed by atoms with Crippen molar-refractivity contribution < 1.29 is 18.0 Å². The third kappa shape index (κ3) is 8.11. The van der Waals surface area contributed by atoms with Gasteiger partial charge in [-0.05, 0) is 41.1 Å². The second kappa shape index (κ2) is 14.3. The van der Waals surface area contributed by atoms with Crippen molar-refractivity contribution in [1.29, 1.82) is 0 Å². The molecule has 9 heteroatoms. The molecule has 0 bridgehead atoms. The largest absolute Gasteiger partial charge is 0.354 e. The average molecular weight is 606 g/mol. The lowest BCUT2D eigenvalue weighted by molar-refractivity contribution is -0.140. The van der Waals surface area contributed by atoms with E-state index in [0.717, 1.165) is 39.9 Å². The molecule has 0 fully saturated rings. The fraction of sp³-hybridized carbons (Fsp3) is 0.273. The molecule has 0 spiro atoms. The standard InChI is InChI=1S/C33H36ClN3O4S/c1-3-4-20-35-33(39)31(22-25-12-6-5-7-13-25)36(23-26-14-10-17-28(34)21-26)32(38)24-37(42(2,40)41)30-19-11-16-27-15-8-9-18-29(27)30/h5-19,21,31H,3-4,20,22-24H2,1-2H3,(H,35,39)/t31-/m0/s1. The van der Waals surface area contributed by atoms with Crippen LogP contribution in [0.25, 0.3) is 10.8 Å².